The summed E-state index contributed by atoms with van der Waals surface area (Å²) in [4.78, 5) is 16.8. The monoisotopic (exact) mass is 384 g/mol. The molecule has 0 aliphatic rings. The number of anilines is 1. The fraction of sp³-hybridized carbons (Fsp3) is 0. The summed E-state index contributed by atoms with van der Waals surface area (Å²) in [6.45, 7) is 0. The van der Waals surface area contributed by atoms with Crippen LogP contribution in [0.15, 0.2) is 42.6 Å². The van der Waals surface area contributed by atoms with Crippen LogP contribution in [0.1, 0.15) is 10.4 Å². The molecule has 0 aliphatic carbocycles. The Kier molecular flexibility index (Phi) is 4.64. The van der Waals surface area contributed by atoms with E-state index in [1.807, 2.05) is 0 Å². The number of carbonyl (C=O) groups is 1. The van der Waals surface area contributed by atoms with Crippen LogP contribution in [0.5, 0.6) is 0 Å². The van der Waals surface area contributed by atoms with Crippen LogP contribution in [0.4, 0.5) is 5.69 Å². The predicted octanol–water partition coefficient (Wildman–Crippen LogP) is 6.10. The summed E-state index contributed by atoms with van der Waals surface area (Å²) in [5.41, 5.74) is 1.14. The maximum atomic E-state index is 12.6. The standard InChI is InChI=1S/C16H8Cl4N2O/c17-10-5-2-6-11(18)15(10)22-16(23)9-4-1-3-8-13(20)12(19)7-21-14(8)9/h1-7H,(H,22,23). The number of para-hydroxylation sites is 2. The molecule has 3 nitrogen and oxygen atoms in total. The summed E-state index contributed by atoms with van der Waals surface area (Å²) < 4.78 is 0. The smallest absolute Gasteiger partial charge is 0.257 e. The first-order valence-electron chi connectivity index (χ1n) is 6.47. The normalized spacial score (nSPS) is 10.8. The van der Waals surface area contributed by atoms with Crippen molar-refractivity contribution in [2.45, 2.75) is 0 Å². The molecular formula is C16H8Cl4N2O. The highest BCUT2D eigenvalue weighted by atomic mass is 35.5. The Balaban J connectivity index is 2.07. The van der Waals surface area contributed by atoms with Crippen molar-refractivity contribution in [3.63, 3.8) is 0 Å². The molecule has 0 spiro atoms. The van der Waals surface area contributed by atoms with Crippen LogP contribution in [0.25, 0.3) is 10.9 Å². The van der Waals surface area contributed by atoms with E-state index < -0.39 is 5.91 Å². The van der Waals surface area contributed by atoms with Gasteiger partial charge in [-0.25, -0.2) is 0 Å². The third-order valence-corrected chi connectivity index (χ3v) is 4.66. The summed E-state index contributed by atoms with van der Waals surface area (Å²) in [6.07, 6.45) is 1.41. The minimum absolute atomic E-state index is 0.325. The lowest BCUT2D eigenvalue weighted by atomic mass is 10.1. The minimum atomic E-state index is -0.392. The Hall–Kier alpha value is -1.52. The lowest BCUT2D eigenvalue weighted by Crippen LogP contribution is -2.13. The highest BCUT2D eigenvalue weighted by molar-refractivity contribution is 6.45. The van der Waals surface area contributed by atoms with E-state index in [0.717, 1.165) is 0 Å². The van der Waals surface area contributed by atoms with E-state index >= 15 is 0 Å². The lowest BCUT2D eigenvalue weighted by Gasteiger charge is -2.11. The Morgan fingerprint density at radius 3 is 2.26 bits per heavy atom. The average Bonchev–Trinajstić information content (AvgIpc) is 2.54. The maximum Gasteiger partial charge on any atom is 0.257 e. The van der Waals surface area contributed by atoms with Gasteiger partial charge in [0.1, 0.15) is 0 Å². The Bertz CT molecular complexity index is 907. The number of hydrogen-bond acceptors (Lipinski definition) is 2. The third-order valence-electron chi connectivity index (χ3n) is 3.24. The first kappa shape index (κ1) is 16.3. The molecule has 1 N–H and O–H groups in total. The van der Waals surface area contributed by atoms with Gasteiger partial charge in [0.2, 0.25) is 0 Å². The fourth-order valence-corrected chi connectivity index (χ4v) is 2.99. The van der Waals surface area contributed by atoms with E-state index in [0.29, 0.717) is 42.2 Å². The molecule has 0 atom stereocenters. The van der Waals surface area contributed by atoms with Gasteiger partial charge in [-0.2, -0.15) is 0 Å². The molecule has 0 bridgehead atoms. The van der Waals surface area contributed by atoms with Crippen LogP contribution in [0.2, 0.25) is 20.1 Å². The number of nitrogens with one attached hydrogen (secondary N) is 1. The van der Waals surface area contributed by atoms with E-state index in [1.165, 1.54) is 6.20 Å². The molecule has 1 heterocycles. The number of nitrogens with zero attached hydrogens (tertiary/aromatic N) is 1. The zero-order valence-corrected chi connectivity index (χ0v) is 14.4. The highest BCUT2D eigenvalue weighted by Gasteiger charge is 2.16. The second-order valence-electron chi connectivity index (χ2n) is 4.67. The Morgan fingerprint density at radius 2 is 1.57 bits per heavy atom. The van der Waals surface area contributed by atoms with Crippen LogP contribution in [-0.2, 0) is 0 Å². The predicted molar refractivity (Wildman–Crippen MR) is 96.2 cm³/mol. The minimum Gasteiger partial charge on any atom is -0.319 e. The number of rotatable bonds is 2. The highest BCUT2D eigenvalue weighted by Crippen LogP contribution is 2.33. The topological polar surface area (TPSA) is 42.0 Å². The first-order chi connectivity index (χ1) is 11.0. The van der Waals surface area contributed by atoms with Gasteiger partial charge in [0, 0.05) is 11.6 Å². The summed E-state index contributed by atoms with van der Waals surface area (Å²) in [5, 5.41) is 4.67. The molecule has 0 saturated heterocycles. The van der Waals surface area contributed by atoms with E-state index in [1.54, 1.807) is 36.4 Å². The van der Waals surface area contributed by atoms with E-state index in [4.69, 9.17) is 46.4 Å². The molecule has 0 saturated carbocycles. The molecular weight excluding hydrogens is 378 g/mol. The van der Waals surface area contributed by atoms with Crippen LogP contribution < -0.4 is 5.32 Å². The van der Waals surface area contributed by atoms with E-state index in [9.17, 15) is 4.79 Å². The van der Waals surface area contributed by atoms with Gasteiger partial charge in [-0.3, -0.25) is 9.78 Å². The van der Waals surface area contributed by atoms with Crippen LogP contribution in [-0.4, -0.2) is 10.9 Å². The van der Waals surface area contributed by atoms with Gasteiger partial charge in [-0.05, 0) is 18.2 Å². The quantitative estimate of drug-likeness (QED) is 0.578. The van der Waals surface area contributed by atoms with Gasteiger partial charge in [-0.1, -0.05) is 64.6 Å². The SMILES string of the molecule is O=C(Nc1c(Cl)cccc1Cl)c1cccc2c(Cl)c(Cl)cnc12. The maximum absolute atomic E-state index is 12.6. The number of carbonyl (C=O) groups excluding carboxylic acids is 1. The number of halogens is 4. The van der Waals surface area contributed by atoms with Crippen molar-refractivity contribution in [2.24, 2.45) is 0 Å². The molecule has 3 aromatic rings. The fourth-order valence-electron chi connectivity index (χ4n) is 2.15. The average molecular weight is 386 g/mol. The molecule has 2 aromatic carbocycles. The Morgan fingerprint density at radius 1 is 0.913 bits per heavy atom. The zero-order valence-electron chi connectivity index (χ0n) is 11.4. The van der Waals surface area contributed by atoms with Crippen LogP contribution in [0, 0.1) is 0 Å². The molecule has 23 heavy (non-hydrogen) atoms. The molecule has 0 radical (unpaired) electrons. The lowest BCUT2D eigenvalue weighted by molar-refractivity contribution is 0.102. The molecule has 1 aromatic heterocycles. The van der Waals surface area contributed by atoms with Crippen molar-refractivity contribution in [1.29, 1.82) is 0 Å². The number of pyridine rings is 1. The molecule has 0 unspecified atom stereocenters. The molecule has 116 valence electrons. The van der Waals surface area contributed by atoms with Crippen molar-refractivity contribution in [3.05, 3.63) is 68.2 Å². The number of benzene rings is 2. The van der Waals surface area contributed by atoms with Crippen molar-refractivity contribution in [3.8, 4) is 0 Å². The van der Waals surface area contributed by atoms with Crippen LogP contribution >= 0.6 is 46.4 Å². The summed E-state index contributed by atoms with van der Waals surface area (Å²) in [5.74, 6) is -0.392. The summed E-state index contributed by atoms with van der Waals surface area (Å²) in [6, 6.07) is 10.1. The van der Waals surface area contributed by atoms with Crippen molar-refractivity contribution in [1.82, 2.24) is 4.98 Å². The van der Waals surface area contributed by atoms with Gasteiger partial charge < -0.3 is 5.32 Å². The van der Waals surface area contributed by atoms with Gasteiger partial charge >= 0.3 is 0 Å². The number of hydrogen-bond donors (Lipinski definition) is 1. The van der Waals surface area contributed by atoms with Gasteiger partial charge in [0.05, 0.1) is 36.9 Å². The molecule has 0 aliphatic heterocycles. The first-order valence-corrected chi connectivity index (χ1v) is 7.98. The number of amides is 1. The van der Waals surface area contributed by atoms with Crippen LogP contribution in [0.3, 0.4) is 0 Å². The van der Waals surface area contributed by atoms with Gasteiger partial charge in [0.15, 0.2) is 0 Å². The van der Waals surface area contributed by atoms with Gasteiger partial charge in [0.25, 0.3) is 5.91 Å². The molecule has 7 heteroatoms. The number of aromatic nitrogens is 1. The van der Waals surface area contributed by atoms with Gasteiger partial charge in [-0.15, -0.1) is 0 Å². The van der Waals surface area contributed by atoms with E-state index in [-0.39, 0.29) is 0 Å². The molecule has 0 fully saturated rings. The molecule has 3 rings (SSSR count). The third kappa shape index (κ3) is 3.10. The summed E-state index contributed by atoms with van der Waals surface area (Å²) >= 11 is 24.3. The zero-order chi connectivity index (χ0) is 16.6. The Labute approximate surface area is 152 Å². The van der Waals surface area contributed by atoms with Crippen molar-refractivity contribution < 1.29 is 4.79 Å². The summed E-state index contributed by atoms with van der Waals surface area (Å²) in [7, 11) is 0. The number of fused-ring (bicyclic) bond motifs is 1. The molecule has 1 amide bonds. The van der Waals surface area contributed by atoms with E-state index in [2.05, 4.69) is 10.3 Å². The van der Waals surface area contributed by atoms with Crippen molar-refractivity contribution >= 4 is 68.9 Å². The second kappa shape index (κ2) is 6.54. The second-order valence-corrected chi connectivity index (χ2v) is 6.27. The van der Waals surface area contributed by atoms with Crippen molar-refractivity contribution in [2.75, 3.05) is 5.32 Å². The largest absolute Gasteiger partial charge is 0.319 e.